The van der Waals surface area contributed by atoms with E-state index in [4.69, 9.17) is 19.9 Å². The van der Waals surface area contributed by atoms with Crippen molar-refractivity contribution in [1.29, 1.82) is 0 Å². The molecule has 0 aliphatic rings. The van der Waals surface area contributed by atoms with Crippen LogP contribution in [0.5, 0.6) is 17.2 Å². The molecule has 21 heavy (non-hydrogen) atoms. The molecule has 2 aromatic rings. The average Bonchev–Trinajstić information content (AvgIpc) is 2.83. The Balaban J connectivity index is 2.51. The number of rotatable bonds is 5. The van der Waals surface area contributed by atoms with Gasteiger partial charge in [0.05, 0.1) is 27.4 Å². The third kappa shape index (κ3) is 3.17. The first-order valence-electron chi connectivity index (χ1n) is 6.33. The first-order valence-corrected chi connectivity index (χ1v) is 7.94. The summed E-state index contributed by atoms with van der Waals surface area (Å²) in [5.74, 6) is 1.77. The fourth-order valence-electron chi connectivity index (χ4n) is 2.15. The molecule has 0 amide bonds. The molecule has 0 saturated heterocycles. The van der Waals surface area contributed by atoms with Crippen molar-refractivity contribution >= 4 is 27.3 Å². The zero-order chi connectivity index (χ0) is 15.6. The molecule has 1 atom stereocenters. The van der Waals surface area contributed by atoms with Gasteiger partial charge in [0.2, 0.25) is 5.75 Å². The number of methoxy groups -OCH3 is 3. The van der Waals surface area contributed by atoms with Gasteiger partial charge in [-0.2, -0.15) is 0 Å². The normalized spacial score (nSPS) is 12.1. The van der Waals surface area contributed by atoms with Crippen LogP contribution in [0.3, 0.4) is 0 Å². The van der Waals surface area contributed by atoms with Gasteiger partial charge < -0.3 is 19.9 Å². The van der Waals surface area contributed by atoms with Gasteiger partial charge in [-0.25, -0.2) is 0 Å². The smallest absolute Gasteiger partial charge is 0.203 e. The first kappa shape index (κ1) is 16.1. The molecule has 0 fully saturated rings. The molecule has 2 N–H and O–H groups in total. The number of hydrogen-bond acceptors (Lipinski definition) is 5. The van der Waals surface area contributed by atoms with E-state index in [1.807, 2.05) is 12.1 Å². The Morgan fingerprint density at radius 1 is 1.05 bits per heavy atom. The van der Waals surface area contributed by atoms with Crippen molar-refractivity contribution in [3.8, 4) is 17.2 Å². The topological polar surface area (TPSA) is 53.7 Å². The van der Waals surface area contributed by atoms with E-state index < -0.39 is 0 Å². The number of benzene rings is 1. The quantitative estimate of drug-likeness (QED) is 0.865. The summed E-state index contributed by atoms with van der Waals surface area (Å²) in [5, 5.41) is 0. The van der Waals surface area contributed by atoms with Crippen LogP contribution in [0.1, 0.15) is 21.4 Å². The summed E-state index contributed by atoms with van der Waals surface area (Å²) < 4.78 is 17.1. The van der Waals surface area contributed by atoms with Gasteiger partial charge >= 0.3 is 0 Å². The highest BCUT2D eigenvalue weighted by atomic mass is 79.9. The first-order chi connectivity index (χ1) is 10.0. The third-order valence-corrected chi connectivity index (χ3v) is 5.22. The van der Waals surface area contributed by atoms with Crippen LogP contribution in [0.4, 0.5) is 0 Å². The molecule has 0 aliphatic heterocycles. The Bertz CT molecular complexity index is 617. The van der Waals surface area contributed by atoms with E-state index in [-0.39, 0.29) is 6.04 Å². The molecule has 0 bridgehead atoms. The fourth-order valence-corrected chi connectivity index (χ4v) is 4.07. The minimum absolute atomic E-state index is 0.258. The van der Waals surface area contributed by atoms with Crippen LogP contribution in [-0.2, 0) is 0 Å². The van der Waals surface area contributed by atoms with Crippen molar-refractivity contribution in [2.45, 2.75) is 13.0 Å². The van der Waals surface area contributed by atoms with Gasteiger partial charge in [0.15, 0.2) is 11.5 Å². The molecular weight excluding hydrogens is 354 g/mol. The van der Waals surface area contributed by atoms with E-state index in [9.17, 15) is 0 Å². The lowest BCUT2D eigenvalue weighted by Gasteiger charge is -2.17. The molecule has 0 aliphatic carbocycles. The summed E-state index contributed by atoms with van der Waals surface area (Å²) in [6, 6.07) is 5.57. The van der Waals surface area contributed by atoms with Crippen molar-refractivity contribution in [3.05, 3.63) is 38.0 Å². The summed E-state index contributed by atoms with van der Waals surface area (Å²) in [4.78, 5) is 2.28. The van der Waals surface area contributed by atoms with E-state index in [2.05, 4.69) is 28.9 Å². The van der Waals surface area contributed by atoms with Gasteiger partial charge in [-0.1, -0.05) is 0 Å². The SMILES string of the molecule is COc1cc(C(N)c2sc(C)cc2Br)cc(OC)c1OC. The standard InChI is InChI=1S/C15H18BrNO3S/c1-8-5-10(16)15(21-8)13(17)9-6-11(18-2)14(20-4)12(7-9)19-3/h5-7,13H,17H2,1-4H3. The van der Waals surface area contributed by atoms with Crippen LogP contribution in [0.2, 0.25) is 0 Å². The predicted octanol–water partition coefficient (Wildman–Crippen LogP) is 3.89. The Morgan fingerprint density at radius 2 is 1.62 bits per heavy atom. The molecule has 114 valence electrons. The van der Waals surface area contributed by atoms with Crippen LogP contribution >= 0.6 is 27.3 Å². The van der Waals surface area contributed by atoms with Crippen LogP contribution in [-0.4, -0.2) is 21.3 Å². The highest BCUT2D eigenvalue weighted by molar-refractivity contribution is 9.10. The minimum Gasteiger partial charge on any atom is -0.493 e. The number of thiophene rings is 1. The molecule has 4 nitrogen and oxygen atoms in total. The zero-order valence-corrected chi connectivity index (χ0v) is 14.8. The van der Waals surface area contributed by atoms with E-state index in [0.29, 0.717) is 17.2 Å². The van der Waals surface area contributed by atoms with Crippen molar-refractivity contribution < 1.29 is 14.2 Å². The molecule has 0 spiro atoms. The molecule has 1 unspecified atom stereocenters. The van der Waals surface area contributed by atoms with Crippen LogP contribution in [0.15, 0.2) is 22.7 Å². The van der Waals surface area contributed by atoms with Crippen LogP contribution in [0, 0.1) is 6.92 Å². The number of nitrogens with two attached hydrogens (primary N) is 1. The van der Waals surface area contributed by atoms with Crippen molar-refractivity contribution in [3.63, 3.8) is 0 Å². The Kier molecular flexibility index (Phi) is 5.13. The zero-order valence-electron chi connectivity index (χ0n) is 12.4. The molecule has 1 aromatic heterocycles. The van der Waals surface area contributed by atoms with Crippen molar-refractivity contribution in [2.75, 3.05) is 21.3 Å². The Morgan fingerprint density at radius 3 is 2.00 bits per heavy atom. The summed E-state index contributed by atoms with van der Waals surface area (Å²) in [7, 11) is 4.77. The lowest BCUT2D eigenvalue weighted by atomic mass is 10.0. The Hall–Kier alpha value is -1.24. The molecular formula is C15H18BrNO3S. The number of ether oxygens (including phenoxy) is 3. The monoisotopic (exact) mass is 371 g/mol. The third-order valence-electron chi connectivity index (χ3n) is 3.16. The molecule has 2 rings (SSSR count). The predicted molar refractivity (Wildman–Crippen MR) is 88.9 cm³/mol. The number of halogens is 1. The summed E-state index contributed by atoms with van der Waals surface area (Å²) in [5.41, 5.74) is 7.31. The van der Waals surface area contributed by atoms with Crippen molar-refractivity contribution in [2.24, 2.45) is 5.73 Å². The second-order valence-corrected chi connectivity index (χ2v) is 6.65. The van der Waals surface area contributed by atoms with Gasteiger partial charge in [-0.15, -0.1) is 11.3 Å². The van der Waals surface area contributed by atoms with Gasteiger partial charge in [0.1, 0.15) is 0 Å². The summed E-state index contributed by atoms with van der Waals surface area (Å²) in [6.07, 6.45) is 0. The van der Waals surface area contributed by atoms with Gasteiger partial charge in [0.25, 0.3) is 0 Å². The van der Waals surface area contributed by atoms with E-state index in [1.165, 1.54) is 4.88 Å². The van der Waals surface area contributed by atoms with Crippen molar-refractivity contribution in [1.82, 2.24) is 0 Å². The number of hydrogen-bond donors (Lipinski definition) is 1. The number of aryl methyl sites for hydroxylation is 1. The van der Waals surface area contributed by atoms with Crippen LogP contribution in [0.25, 0.3) is 0 Å². The molecule has 6 heteroatoms. The van der Waals surface area contributed by atoms with Gasteiger partial charge in [-0.05, 0) is 46.6 Å². The van der Waals surface area contributed by atoms with Gasteiger partial charge in [-0.3, -0.25) is 0 Å². The van der Waals surface area contributed by atoms with Gasteiger partial charge in [0, 0.05) is 14.2 Å². The largest absolute Gasteiger partial charge is 0.493 e. The fraction of sp³-hybridized carbons (Fsp3) is 0.333. The molecule has 1 heterocycles. The Labute approximate surface area is 137 Å². The maximum absolute atomic E-state index is 6.40. The molecule has 0 saturated carbocycles. The second-order valence-electron chi connectivity index (χ2n) is 4.51. The molecule has 1 aromatic carbocycles. The average molecular weight is 372 g/mol. The summed E-state index contributed by atoms with van der Waals surface area (Å²) in [6.45, 7) is 2.06. The lowest BCUT2D eigenvalue weighted by molar-refractivity contribution is 0.323. The highest BCUT2D eigenvalue weighted by Gasteiger charge is 2.20. The maximum atomic E-state index is 6.40. The molecule has 0 radical (unpaired) electrons. The van der Waals surface area contributed by atoms with E-state index >= 15 is 0 Å². The van der Waals surface area contributed by atoms with E-state index in [1.54, 1.807) is 32.7 Å². The lowest BCUT2D eigenvalue weighted by Crippen LogP contribution is -2.11. The highest BCUT2D eigenvalue weighted by Crippen LogP contribution is 2.42. The second kappa shape index (κ2) is 6.68. The minimum atomic E-state index is -0.258. The summed E-state index contributed by atoms with van der Waals surface area (Å²) >= 11 is 5.23. The maximum Gasteiger partial charge on any atom is 0.203 e. The van der Waals surface area contributed by atoms with Crippen LogP contribution < -0.4 is 19.9 Å². The van der Waals surface area contributed by atoms with E-state index in [0.717, 1.165) is 14.9 Å².